The van der Waals surface area contributed by atoms with E-state index < -0.39 is 18.5 Å². The van der Waals surface area contributed by atoms with Crippen LogP contribution in [0.15, 0.2) is 42.5 Å². The number of amides is 2. The Labute approximate surface area is 167 Å². The van der Waals surface area contributed by atoms with Gasteiger partial charge < -0.3 is 25.0 Å². The third-order valence-electron chi connectivity index (χ3n) is 5.04. The van der Waals surface area contributed by atoms with Crippen LogP contribution in [0.1, 0.15) is 23.2 Å². The second-order valence-electron chi connectivity index (χ2n) is 6.93. The first kappa shape index (κ1) is 18.8. The highest BCUT2D eigenvalue weighted by atomic mass is 16.5. The predicted octanol–water partition coefficient (Wildman–Crippen LogP) is 2.41. The van der Waals surface area contributed by atoms with Gasteiger partial charge in [0.1, 0.15) is 11.8 Å². The van der Waals surface area contributed by atoms with Crippen LogP contribution in [0.25, 0.3) is 0 Å². The van der Waals surface area contributed by atoms with Gasteiger partial charge in [-0.1, -0.05) is 6.07 Å². The van der Waals surface area contributed by atoms with Crippen LogP contribution in [0.5, 0.6) is 5.75 Å². The van der Waals surface area contributed by atoms with E-state index >= 15 is 0 Å². The first-order valence-electron chi connectivity index (χ1n) is 9.38. The van der Waals surface area contributed by atoms with E-state index in [1.165, 1.54) is 7.11 Å². The van der Waals surface area contributed by atoms with Gasteiger partial charge in [0.15, 0.2) is 6.61 Å². The van der Waals surface area contributed by atoms with Crippen LogP contribution in [-0.2, 0) is 14.3 Å². The van der Waals surface area contributed by atoms with Crippen molar-refractivity contribution in [2.24, 2.45) is 0 Å². The molecule has 0 aliphatic carbocycles. The number of nitrogens with one attached hydrogen (secondary N) is 2. The summed E-state index contributed by atoms with van der Waals surface area (Å²) >= 11 is 0. The quantitative estimate of drug-likeness (QED) is 0.755. The van der Waals surface area contributed by atoms with Crippen molar-refractivity contribution in [2.75, 3.05) is 35.8 Å². The molecule has 8 nitrogen and oxygen atoms in total. The summed E-state index contributed by atoms with van der Waals surface area (Å²) < 4.78 is 10.2. The molecule has 2 amide bonds. The lowest BCUT2D eigenvalue weighted by Gasteiger charge is -2.33. The molecule has 2 aromatic rings. The highest BCUT2D eigenvalue weighted by Crippen LogP contribution is 2.37. The van der Waals surface area contributed by atoms with E-state index in [-0.39, 0.29) is 17.5 Å². The molecule has 2 aromatic carbocycles. The van der Waals surface area contributed by atoms with Crippen molar-refractivity contribution in [2.45, 2.75) is 18.9 Å². The molecule has 0 aromatic heterocycles. The topological polar surface area (TPSA) is 97.0 Å². The van der Waals surface area contributed by atoms with Gasteiger partial charge in [-0.3, -0.25) is 9.59 Å². The number of anilines is 3. The third kappa shape index (κ3) is 3.87. The summed E-state index contributed by atoms with van der Waals surface area (Å²) in [4.78, 5) is 38.7. The average molecular weight is 395 g/mol. The van der Waals surface area contributed by atoms with Gasteiger partial charge in [0, 0.05) is 18.3 Å². The minimum Gasteiger partial charge on any atom is -0.497 e. The van der Waals surface area contributed by atoms with Gasteiger partial charge in [-0.25, -0.2) is 4.79 Å². The number of carbonyl (C=O) groups excluding carboxylic acids is 3. The minimum absolute atomic E-state index is 0.0572. The van der Waals surface area contributed by atoms with Crippen LogP contribution in [-0.4, -0.2) is 44.1 Å². The van der Waals surface area contributed by atoms with Crippen LogP contribution in [0.2, 0.25) is 0 Å². The Morgan fingerprint density at radius 1 is 1.24 bits per heavy atom. The Morgan fingerprint density at radius 2 is 2.10 bits per heavy atom. The molecule has 0 unspecified atom stereocenters. The van der Waals surface area contributed by atoms with Gasteiger partial charge in [-0.05, 0) is 43.2 Å². The minimum atomic E-state index is -0.633. The number of methoxy groups -OCH3 is 1. The summed E-state index contributed by atoms with van der Waals surface area (Å²) in [6.07, 6.45) is 1.79. The molecule has 1 atom stereocenters. The summed E-state index contributed by atoms with van der Waals surface area (Å²) in [7, 11) is 1.54. The van der Waals surface area contributed by atoms with E-state index in [0.29, 0.717) is 17.1 Å². The van der Waals surface area contributed by atoms with Crippen molar-refractivity contribution < 1.29 is 23.9 Å². The fraction of sp³-hybridized carbons (Fsp3) is 0.286. The maximum atomic E-state index is 12.3. The van der Waals surface area contributed by atoms with Gasteiger partial charge in [-0.15, -0.1) is 0 Å². The zero-order valence-corrected chi connectivity index (χ0v) is 15.9. The summed E-state index contributed by atoms with van der Waals surface area (Å²) in [5.74, 6) is -0.543. The van der Waals surface area contributed by atoms with E-state index in [4.69, 9.17) is 9.47 Å². The van der Waals surface area contributed by atoms with Crippen molar-refractivity contribution >= 4 is 34.8 Å². The first-order chi connectivity index (χ1) is 14.0. The Balaban J connectivity index is 1.38. The van der Waals surface area contributed by atoms with E-state index in [0.717, 1.165) is 25.1 Å². The maximum Gasteiger partial charge on any atom is 0.338 e. The van der Waals surface area contributed by atoms with Gasteiger partial charge in [0.25, 0.3) is 5.91 Å². The Hall–Kier alpha value is -3.55. The van der Waals surface area contributed by atoms with Gasteiger partial charge in [0.2, 0.25) is 5.91 Å². The third-order valence-corrected chi connectivity index (χ3v) is 5.04. The van der Waals surface area contributed by atoms with Crippen molar-refractivity contribution in [3.63, 3.8) is 0 Å². The van der Waals surface area contributed by atoms with Crippen LogP contribution in [0.4, 0.5) is 17.1 Å². The van der Waals surface area contributed by atoms with Gasteiger partial charge >= 0.3 is 5.97 Å². The normalized spacial score (nSPS) is 17.1. The highest BCUT2D eigenvalue weighted by molar-refractivity contribution is 6.05. The number of hydrogen-bond donors (Lipinski definition) is 2. The molecular formula is C21H21N3O5. The smallest absolute Gasteiger partial charge is 0.338 e. The molecule has 4 rings (SSSR count). The number of hydrogen-bond acceptors (Lipinski definition) is 6. The molecule has 2 N–H and O–H groups in total. The second-order valence-corrected chi connectivity index (χ2v) is 6.93. The van der Waals surface area contributed by atoms with Crippen molar-refractivity contribution in [3.05, 3.63) is 48.0 Å². The molecule has 1 fully saturated rings. The summed E-state index contributed by atoms with van der Waals surface area (Å²) in [5.41, 5.74) is 2.31. The monoisotopic (exact) mass is 395 g/mol. The molecule has 0 saturated carbocycles. The van der Waals surface area contributed by atoms with Gasteiger partial charge in [-0.2, -0.15) is 0 Å². The van der Waals surface area contributed by atoms with E-state index in [1.807, 2.05) is 0 Å². The number of fused-ring (bicyclic) bond motifs is 3. The number of esters is 1. The number of rotatable bonds is 5. The van der Waals surface area contributed by atoms with Crippen molar-refractivity contribution in [1.82, 2.24) is 0 Å². The number of nitrogens with zero attached hydrogens (tertiary/aromatic N) is 1. The summed E-state index contributed by atoms with van der Waals surface area (Å²) in [5, 5.41) is 5.50. The van der Waals surface area contributed by atoms with E-state index in [2.05, 4.69) is 15.5 Å². The molecule has 29 heavy (non-hydrogen) atoms. The lowest BCUT2D eigenvalue weighted by atomic mass is 10.1. The zero-order chi connectivity index (χ0) is 20.4. The largest absolute Gasteiger partial charge is 0.497 e. The second kappa shape index (κ2) is 7.83. The lowest BCUT2D eigenvalue weighted by molar-refractivity contribution is -0.119. The summed E-state index contributed by atoms with van der Waals surface area (Å²) in [6, 6.07) is 11.8. The van der Waals surface area contributed by atoms with Crippen LogP contribution in [0, 0.1) is 0 Å². The molecule has 0 radical (unpaired) electrons. The fourth-order valence-corrected chi connectivity index (χ4v) is 3.67. The molecule has 0 bridgehead atoms. The molecule has 1 saturated heterocycles. The standard InChI is InChI=1S/C21H21N3O5/c1-28-15-5-2-4-14(11-15)22-19(25)12-29-21(27)13-7-8-17-16(10-13)23-20(26)18-6-3-9-24(17)18/h2,4-5,7-8,10-11,18H,3,6,9,12H2,1H3,(H,22,25)(H,23,26)/t18-/m1/s1. The average Bonchev–Trinajstić information content (AvgIpc) is 3.22. The Kier molecular flexibility index (Phi) is 5.07. The van der Waals surface area contributed by atoms with E-state index in [1.54, 1.807) is 42.5 Å². The summed E-state index contributed by atoms with van der Waals surface area (Å²) in [6.45, 7) is 0.396. The lowest BCUT2D eigenvalue weighted by Crippen LogP contribution is -2.43. The predicted molar refractivity (Wildman–Crippen MR) is 107 cm³/mol. The number of ether oxygens (including phenoxy) is 2. The van der Waals surface area contributed by atoms with E-state index in [9.17, 15) is 14.4 Å². The molecular weight excluding hydrogens is 374 g/mol. The first-order valence-corrected chi connectivity index (χ1v) is 9.38. The number of benzene rings is 2. The SMILES string of the molecule is COc1cccc(NC(=O)COC(=O)c2ccc3c(c2)NC(=O)[C@H]2CCCN32)c1. The van der Waals surface area contributed by atoms with Crippen molar-refractivity contribution in [1.29, 1.82) is 0 Å². The molecule has 2 aliphatic rings. The molecule has 2 heterocycles. The van der Waals surface area contributed by atoms with Crippen LogP contribution in [0.3, 0.4) is 0 Å². The van der Waals surface area contributed by atoms with Gasteiger partial charge in [0.05, 0.1) is 24.0 Å². The Bertz CT molecular complexity index is 975. The highest BCUT2D eigenvalue weighted by Gasteiger charge is 2.36. The maximum absolute atomic E-state index is 12.3. The number of carbonyl (C=O) groups is 3. The molecule has 8 heteroatoms. The zero-order valence-electron chi connectivity index (χ0n) is 15.9. The Morgan fingerprint density at radius 3 is 2.93 bits per heavy atom. The van der Waals surface area contributed by atoms with Crippen LogP contribution >= 0.6 is 0 Å². The fourth-order valence-electron chi connectivity index (χ4n) is 3.67. The van der Waals surface area contributed by atoms with Crippen molar-refractivity contribution in [3.8, 4) is 5.75 Å². The molecule has 0 spiro atoms. The van der Waals surface area contributed by atoms with Crippen LogP contribution < -0.4 is 20.3 Å². The molecule has 2 aliphatic heterocycles. The molecule has 150 valence electrons.